The largest absolute Gasteiger partial charge is 0.326 e. The van der Waals surface area contributed by atoms with Crippen molar-refractivity contribution in [1.29, 1.82) is 0 Å². The lowest BCUT2D eigenvalue weighted by atomic mass is 10.1. The van der Waals surface area contributed by atoms with Crippen molar-refractivity contribution in [1.82, 2.24) is 4.72 Å². The maximum absolute atomic E-state index is 12.4. The quantitative estimate of drug-likeness (QED) is 0.884. The van der Waals surface area contributed by atoms with E-state index in [-0.39, 0.29) is 22.8 Å². The van der Waals surface area contributed by atoms with Crippen molar-refractivity contribution in [2.24, 2.45) is 0 Å². The van der Waals surface area contributed by atoms with Crippen LogP contribution in [0.3, 0.4) is 0 Å². The molecule has 1 aliphatic rings. The van der Waals surface area contributed by atoms with Crippen LogP contribution in [0.25, 0.3) is 0 Å². The van der Waals surface area contributed by atoms with Crippen molar-refractivity contribution in [3.8, 4) is 0 Å². The number of nitrogens with one attached hydrogen (secondary N) is 2. The van der Waals surface area contributed by atoms with E-state index in [1.54, 1.807) is 12.1 Å². The second-order valence-electron chi connectivity index (χ2n) is 5.69. The Kier molecular flexibility index (Phi) is 4.19. The summed E-state index contributed by atoms with van der Waals surface area (Å²) in [7, 11) is -3.55. The molecule has 1 fully saturated rings. The summed E-state index contributed by atoms with van der Waals surface area (Å²) >= 11 is 0. The van der Waals surface area contributed by atoms with Gasteiger partial charge in [0.1, 0.15) is 0 Å². The van der Waals surface area contributed by atoms with E-state index in [2.05, 4.69) is 10.0 Å². The first-order valence-corrected chi connectivity index (χ1v) is 8.89. The summed E-state index contributed by atoms with van der Waals surface area (Å²) in [6.45, 7) is 1.41. The summed E-state index contributed by atoms with van der Waals surface area (Å²) in [6.07, 6.45) is 0.813. The second kappa shape index (κ2) is 6.14. The zero-order valence-corrected chi connectivity index (χ0v) is 13.5. The zero-order chi connectivity index (χ0) is 16.4. The Balaban J connectivity index is 1.67. The molecule has 2 aromatic rings. The maximum Gasteiger partial charge on any atom is 0.240 e. The number of sulfonamides is 1. The molecule has 0 aliphatic heterocycles. The number of carbonyl (C=O) groups is 1. The molecule has 0 heterocycles. The molecule has 23 heavy (non-hydrogen) atoms. The Morgan fingerprint density at radius 1 is 1.04 bits per heavy atom. The molecule has 2 aromatic carbocycles. The summed E-state index contributed by atoms with van der Waals surface area (Å²) in [6, 6.07) is 16.0. The topological polar surface area (TPSA) is 75.3 Å². The van der Waals surface area contributed by atoms with Crippen LogP contribution in [0, 0.1) is 0 Å². The number of hydrogen-bond acceptors (Lipinski definition) is 3. The molecule has 0 bridgehead atoms. The zero-order valence-electron chi connectivity index (χ0n) is 12.7. The van der Waals surface area contributed by atoms with Gasteiger partial charge in [-0.25, -0.2) is 13.1 Å². The average Bonchev–Trinajstić information content (AvgIpc) is 3.26. The first-order valence-electron chi connectivity index (χ1n) is 7.40. The summed E-state index contributed by atoms with van der Waals surface area (Å²) in [4.78, 5) is 11.2. The maximum atomic E-state index is 12.4. The van der Waals surface area contributed by atoms with E-state index in [1.807, 2.05) is 30.3 Å². The van der Waals surface area contributed by atoms with Gasteiger partial charge in [0, 0.05) is 24.6 Å². The van der Waals surface area contributed by atoms with Gasteiger partial charge in [0.2, 0.25) is 15.9 Å². The van der Waals surface area contributed by atoms with E-state index >= 15 is 0 Å². The molecule has 2 N–H and O–H groups in total. The lowest BCUT2D eigenvalue weighted by Gasteiger charge is -2.08. The summed E-state index contributed by atoms with van der Waals surface area (Å²) in [5, 5.41) is 2.61. The molecule has 1 saturated carbocycles. The van der Waals surface area contributed by atoms with Crippen molar-refractivity contribution >= 4 is 21.6 Å². The summed E-state index contributed by atoms with van der Waals surface area (Å²) < 4.78 is 27.5. The van der Waals surface area contributed by atoms with E-state index in [4.69, 9.17) is 0 Å². The molecule has 1 aliphatic carbocycles. The monoisotopic (exact) mass is 330 g/mol. The standard InChI is InChI=1S/C17H18N2O3S/c1-12(20)18-14-7-9-15(10-8-14)23(21,22)19-17-11-16(17)13-5-3-2-4-6-13/h2-10,16-17,19H,11H2,1H3,(H,18,20)/t16-,17-/m1/s1. The summed E-state index contributed by atoms with van der Waals surface area (Å²) in [5.74, 6) is 0.0482. The van der Waals surface area contributed by atoms with Gasteiger partial charge >= 0.3 is 0 Å². The third-order valence-corrected chi connectivity index (χ3v) is 5.32. The number of hydrogen-bond donors (Lipinski definition) is 2. The van der Waals surface area contributed by atoms with E-state index < -0.39 is 10.0 Å². The van der Waals surface area contributed by atoms with Crippen LogP contribution in [0.5, 0.6) is 0 Å². The molecule has 0 unspecified atom stereocenters. The van der Waals surface area contributed by atoms with E-state index in [0.717, 1.165) is 12.0 Å². The number of rotatable bonds is 5. The highest BCUT2D eigenvalue weighted by Crippen LogP contribution is 2.41. The van der Waals surface area contributed by atoms with Gasteiger partial charge in [-0.3, -0.25) is 4.79 Å². The minimum Gasteiger partial charge on any atom is -0.326 e. The normalized spacial score (nSPS) is 20.0. The molecule has 0 radical (unpaired) electrons. The fourth-order valence-corrected chi connectivity index (χ4v) is 3.87. The predicted molar refractivity (Wildman–Crippen MR) is 88.7 cm³/mol. The Labute approximate surface area is 135 Å². The smallest absolute Gasteiger partial charge is 0.240 e. The van der Waals surface area contributed by atoms with Crippen molar-refractivity contribution in [3.63, 3.8) is 0 Å². The number of benzene rings is 2. The van der Waals surface area contributed by atoms with E-state index in [9.17, 15) is 13.2 Å². The highest BCUT2D eigenvalue weighted by atomic mass is 32.2. The Hall–Kier alpha value is -2.18. The lowest BCUT2D eigenvalue weighted by Crippen LogP contribution is -2.26. The Morgan fingerprint density at radius 3 is 2.30 bits per heavy atom. The van der Waals surface area contributed by atoms with Gasteiger partial charge in [0.25, 0.3) is 0 Å². The molecule has 0 saturated heterocycles. The molecule has 6 heteroatoms. The SMILES string of the molecule is CC(=O)Nc1ccc(S(=O)(=O)N[C@@H]2C[C@@H]2c2ccccc2)cc1. The third kappa shape index (κ3) is 3.78. The minimum absolute atomic E-state index is 0.0579. The molecule has 1 amide bonds. The first kappa shape index (κ1) is 15.7. The van der Waals surface area contributed by atoms with E-state index in [1.165, 1.54) is 19.1 Å². The molecule has 2 atom stereocenters. The fraction of sp³-hybridized carbons (Fsp3) is 0.235. The van der Waals surface area contributed by atoms with E-state index in [0.29, 0.717) is 5.69 Å². The van der Waals surface area contributed by atoms with Crippen LogP contribution in [-0.2, 0) is 14.8 Å². The number of amides is 1. The van der Waals surface area contributed by atoms with Crippen molar-refractivity contribution in [2.45, 2.75) is 30.2 Å². The average molecular weight is 330 g/mol. The molecule has 0 aromatic heterocycles. The van der Waals surface area contributed by atoms with Gasteiger partial charge in [-0.15, -0.1) is 0 Å². The predicted octanol–water partition coefficient (Wildman–Crippen LogP) is 2.48. The second-order valence-corrected chi connectivity index (χ2v) is 7.40. The molecule has 5 nitrogen and oxygen atoms in total. The lowest BCUT2D eigenvalue weighted by molar-refractivity contribution is -0.114. The molecule has 0 spiro atoms. The van der Waals surface area contributed by atoms with Crippen LogP contribution >= 0.6 is 0 Å². The highest BCUT2D eigenvalue weighted by molar-refractivity contribution is 7.89. The minimum atomic E-state index is -3.55. The molecule has 120 valence electrons. The van der Waals surface area contributed by atoms with Crippen LogP contribution in [0.15, 0.2) is 59.5 Å². The molecular weight excluding hydrogens is 312 g/mol. The van der Waals surface area contributed by atoms with Crippen LogP contribution in [0.1, 0.15) is 24.8 Å². The van der Waals surface area contributed by atoms with Gasteiger partial charge in [-0.05, 0) is 36.2 Å². The van der Waals surface area contributed by atoms with Crippen LogP contribution in [0.2, 0.25) is 0 Å². The number of anilines is 1. The van der Waals surface area contributed by atoms with Crippen molar-refractivity contribution < 1.29 is 13.2 Å². The van der Waals surface area contributed by atoms with Crippen LogP contribution in [-0.4, -0.2) is 20.4 Å². The van der Waals surface area contributed by atoms with Gasteiger partial charge in [0.05, 0.1) is 4.90 Å². The van der Waals surface area contributed by atoms with Crippen molar-refractivity contribution in [3.05, 3.63) is 60.2 Å². The van der Waals surface area contributed by atoms with Crippen molar-refractivity contribution in [2.75, 3.05) is 5.32 Å². The van der Waals surface area contributed by atoms with Crippen LogP contribution in [0.4, 0.5) is 5.69 Å². The molecule has 3 rings (SSSR count). The third-order valence-electron chi connectivity index (χ3n) is 3.81. The first-order chi connectivity index (χ1) is 11.0. The highest BCUT2D eigenvalue weighted by Gasteiger charge is 2.41. The van der Waals surface area contributed by atoms with Gasteiger partial charge in [0.15, 0.2) is 0 Å². The molecular formula is C17H18N2O3S. The summed E-state index contributed by atoms with van der Waals surface area (Å²) in [5.41, 5.74) is 1.73. The Bertz CT molecular complexity index is 801. The fourth-order valence-electron chi connectivity index (χ4n) is 2.58. The van der Waals surface area contributed by atoms with Gasteiger partial charge in [-0.1, -0.05) is 30.3 Å². The van der Waals surface area contributed by atoms with Gasteiger partial charge < -0.3 is 5.32 Å². The number of carbonyl (C=O) groups excluding carboxylic acids is 1. The van der Waals surface area contributed by atoms with Crippen LogP contribution < -0.4 is 10.0 Å². The van der Waals surface area contributed by atoms with Gasteiger partial charge in [-0.2, -0.15) is 0 Å². The Morgan fingerprint density at radius 2 is 1.70 bits per heavy atom.